The van der Waals surface area contributed by atoms with Gasteiger partial charge < -0.3 is 15.0 Å². The number of hydrogen-bond donors (Lipinski definition) is 1. The number of hydrogen-bond acceptors (Lipinski definition) is 3. The summed E-state index contributed by atoms with van der Waals surface area (Å²) >= 11 is 5.49. The molecule has 0 aliphatic carbocycles. The molecule has 1 aliphatic rings. The summed E-state index contributed by atoms with van der Waals surface area (Å²) in [6.45, 7) is 0.0431. The van der Waals surface area contributed by atoms with Crippen molar-refractivity contribution in [3.8, 4) is 5.75 Å². The molecule has 0 bridgehead atoms. The summed E-state index contributed by atoms with van der Waals surface area (Å²) in [5.74, 6) is 0.632. The maximum atomic E-state index is 11.5. The molecule has 0 saturated carbocycles. The van der Waals surface area contributed by atoms with Crippen LogP contribution in [-0.2, 0) is 9.59 Å². The summed E-state index contributed by atoms with van der Waals surface area (Å²) < 4.78 is 5.29. The first-order chi connectivity index (χ1) is 8.61. The number of carbonyl (C=O) groups is 2. The van der Waals surface area contributed by atoms with E-state index in [-0.39, 0.29) is 30.7 Å². The molecule has 5 nitrogen and oxygen atoms in total. The summed E-state index contributed by atoms with van der Waals surface area (Å²) in [6, 6.07) is 5.17. The minimum absolute atomic E-state index is 0.0431. The Kier molecular flexibility index (Phi) is 3.72. The summed E-state index contributed by atoms with van der Waals surface area (Å²) in [7, 11) is 1.67. The second-order valence-corrected chi connectivity index (χ2v) is 4.29. The Hall–Kier alpha value is -1.75. The SMILES string of the molecule is CN1C(=O)COc2ccc(NC(=O)CCCl)cc21. The standard InChI is InChI=1S/C12H13ClN2O3/c1-15-9-6-8(14-11(16)4-5-13)2-3-10(9)18-7-12(15)17/h2-3,6H,4-5,7H2,1H3,(H,14,16). The molecule has 2 rings (SSSR count). The number of amides is 2. The molecule has 96 valence electrons. The van der Waals surface area contributed by atoms with Crippen LogP contribution in [0.15, 0.2) is 18.2 Å². The third kappa shape index (κ3) is 2.56. The van der Waals surface area contributed by atoms with Crippen LogP contribution in [0.25, 0.3) is 0 Å². The third-order valence-electron chi connectivity index (χ3n) is 2.65. The van der Waals surface area contributed by atoms with Gasteiger partial charge in [0.2, 0.25) is 5.91 Å². The summed E-state index contributed by atoms with van der Waals surface area (Å²) in [4.78, 5) is 24.4. The van der Waals surface area contributed by atoms with Crippen molar-refractivity contribution in [2.24, 2.45) is 0 Å². The van der Waals surface area contributed by atoms with Crippen molar-refractivity contribution in [1.82, 2.24) is 0 Å². The van der Waals surface area contributed by atoms with E-state index in [1.165, 1.54) is 4.90 Å². The zero-order valence-corrected chi connectivity index (χ0v) is 10.7. The largest absolute Gasteiger partial charge is 0.482 e. The van der Waals surface area contributed by atoms with Crippen molar-refractivity contribution in [3.05, 3.63) is 18.2 Å². The topological polar surface area (TPSA) is 58.6 Å². The maximum Gasteiger partial charge on any atom is 0.264 e. The molecule has 0 radical (unpaired) electrons. The summed E-state index contributed by atoms with van der Waals surface area (Å²) in [5, 5.41) is 2.71. The second-order valence-electron chi connectivity index (χ2n) is 3.91. The normalized spacial score (nSPS) is 13.9. The quantitative estimate of drug-likeness (QED) is 0.848. The van der Waals surface area contributed by atoms with Gasteiger partial charge in [-0.3, -0.25) is 9.59 Å². The smallest absolute Gasteiger partial charge is 0.264 e. The van der Waals surface area contributed by atoms with Crippen LogP contribution in [0.5, 0.6) is 5.75 Å². The molecule has 6 heteroatoms. The molecule has 1 aromatic carbocycles. The van der Waals surface area contributed by atoms with Gasteiger partial charge in [0.1, 0.15) is 5.75 Å². The van der Waals surface area contributed by atoms with E-state index in [0.29, 0.717) is 17.1 Å². The van der Waals surface area contributed by atoms with Crippen molar-refractivity contribution >= 4 is 34.8 Å². The number of fused-ring (bicyclic) bond motifs is 1. The highest BCUT2D eigenvalue weighted by atomic mass is 35.5. The molecular weight excluding hydrogens is 256 g/mol. The first-order valence-corrected chi connectivity index (χ1v) is 6.04. The Labute approximate surface area is 110 Å². The molecule has 0 spiro atoms. The Balaban J connectivity index is 2.21. The van der Waals surface area contributed by atoms with Crippen molar-refractivity contribution in [2.45, 2.75) is 6.42 Å². The number of benzene rings is 1. The van der Waals surface area contributed by atoms with E-state index in [1.54, 1.807) is 25.2 Å². The van der Waals surface area contributed by atoms with Crippen LogP contribution in [0.3, 0.4) is 0 Å². The number of alkyl halides is 1. The molecule has 2 amide bonds. The number of nitrogens with zero attached hydrogens (tertiary/aromatic N) is 1. The van der Waals surface area contributed by atoms with E-state index in [9.17, 15) is 9.59 Å². The van der Waals surface area contributed by atoms with Gasteiger partial charge >= 0.3 is 0 Å². The van der Waals surface area contributed by atoms with Gasteiger partial charge in [0.15, 0.2) is 6.61 Å². The van der Waals surface area contributed by atoms with Gasteiger partial charge in [-0.2, -0.15) is 0 Å². The fourth-order valence-electron chi connectivity index (χ4n) is 1.66. The number of carbonyl (C=O) groups excluding carboxylic acids is 2. The molecule has 0 atom stereocenters. The molecule has 0 fully saturated rings. The Morgan fingerprint density at radius 3 is 3.06 bits per heavy atom. The fraction of sp³-hybridized carbons (Fsp3) is 0.333. The van der Waals surface area contributed by atoms with Gasteiger partial charge in [-0.25, -0.2) is 0 Å². The molecule has 0 aromatic heterocycles. The maximum absolute atomic E-state index is 11.5. The lowest BCUT2D eigenvalue weighted by molar-refractivity contribution is -0.121. The van der Waals surface area contributed by atoms with Crippen LogP contribution in [0.4, 0.5) is 11.4 Å². The van der Waals surface area contributed by atoms with E-state index in [1.807, 2.05) is 0 Å². The predicted molar refractivity (Wildman–Crippen MR) is 69.3 cm³/mol. The molecule has 1 aromatic rings. The number of ether oxygens (including phenoxy) is 1. The second kappa shape index (κ2) is 5.27. The summed E-state index contributed by atoms with van der Waals surface area (Å²) in [5.41, 5.74) is 1.27. The van der Waals surface area contributed by atoms with E-state index in [2.05, 4.69) is 5.32 Å². The van der Waals surface area contributed by atoms with E-state index in [4.69, 9.17) is 16.3 Å². The van der Waals surface area contributed by atoms with Gasteiger partial charge in [0.05, 0.1) is 5.69 Å². The summed E-state index contributed by atoms with van der Waals surface area (Å²) in [6.07, 6.45) is 0.254. The number of anilines is 2. The van der Waals surface area contributed by atoms with Crippen molar-refractivity contribution < 1.29 is 14.3 Å². The van der Waals surface area contributed by atoms with Crippen LogP contribution in [0, 0.1) is 0 Å². The molecule has 0 unspecified atom stereocenters. The monoisotopic (exact) mass is 268 g/mol. The zero-order chi connectivity index (χ0) is 13.1. The number of nitrogens with one attached hydrogen (secondary N) is 1. The Morgan fingerprint density at radius 1 is 1.56 bits per heavy atom. The highest BCUT2D eigenvalue weighted by Crippen LogP contribution is 2.33. The van der Waals surface area contributed by atoms with Crippen LogP contribution in [-0.4, -0.2) is 31.3 Å². The van der Waals surface area contributed by atoms with E-state index < -0.39 is 0 Å². The first-order valence-electron chi connectivity index (χ1n) is 5.51. The minimum atomic E-state index is -0.157. The minimum Gasteiger partial charge on any atom is -0.482 e. The van der Waals surface area contributed by atoms with E-state index >= 15 is 0 Å². The van der Waals surface area contributed by atoms with Crippen LogP contribution in [0.1, 0.15) is 6.42 Å². The number of rotatable bonds is 3. The zero-order valence-electron chi connectivity index (χ0n) is 9.90. The fourth-order valence-corrected chi connectivity index (χ4v) is 1.83. The number of likely N-dealkylation sites (N-methyl/N-ethyl adjacent to an activating group) is 1. The van der Waals surface area contributed by atoms with E-state index in [0.717, 1.165) is 0 Å². The average molecular weight is 269 g/mol. The van der Waals surface area contributed by atoms with Crippen LogP contribution in [0.2, 0.25) is 0 Å². The lowest BCUT2D eigenvalue weighted by Gasteiger charge is -2.26. The molecule has 1 N–H and O–H groups in total. The van der Waals surface area contributed by atoms with Crippen molar-refractivity contribution in [3.63, 3.8) is 0 Å². The number of halogens is 1. The van der Waals surface area contributed by atoms with Gasteiger partial charge in [0.25, 0.3) is 5.91 Å². The highest BCUT2D eigenvalue weighted by Gasteiger charge is 2.22. The lowest BCUT2D eigenvalue weighted by atomic mass is 10.2. The molecule has 0 saturated heterocycles. The highest BCUT2D eigenvalue weighted by molar-refractivity contribution is 6.19. The molecule has 1 heterocycles. The molecule has 18 heavy (non-hydrogen) atoms. The van der Waals surface area contributed by atoms with Gasteiger partial charge in [-0.1, -0.05) is 0 Å². The van der Waals surface area contributed by atoms with Crippen LogP contribution >= 0.6 is 11.6 Å². The average Bonchev–Trinajstić information content (AvgIpc) is 2.35. The predicted octanol–water partition coefficient (Wildman–Crippen LogP) is 1.61. The van der Waals surface area contributed by atoms with Crippen molar-refractivity contribution in [1.29, 1.82) is 0 Å². The molecule has 1 aliphatic heterocycles. The van der Waals surface area contributed by atoms with Gasteiger partial charge in [-0.15, -0.1) is 11.6 Å². The Bertz CT molecular complexity index is 490. The molecular formula is C12H13ClN2O3. The first kappa shape index (κ1) is 12.7. The third-order valence-corrected chi connectivity index (χ3v) is 2.84. The van der Waals surface area contributed by atoms with Crippen LogP contribution < -0.4 is 15.0 Å². The van der Waals surface area contributed by atoms with Gasteiger partial charge in [0, 0.05) is 25.0 Å². The van der Waals surface area contributed by atoms with Gasteiger partial charge in [-0.05, 0) is 18.2 Å². The lowest BCUT2D eigenvalue weighted by Crippen LogP contribution is -2.35. The Morgan fingerprint density at radius 2 is 2.33 bits per heavy atom. The van der Waals surface area contributed by atoms with Crippen molar-refractivity contribution in [2.75, 3.05) is 29.8 Å².